The fourth-order valence-electron chi connectivity index (χ4n) is 1.80. The Balaban J connectivity index is 2.63. The number of nitrogens with two attached hydrogens (primary N) is 1. The lowest BCUT2D eigenvalue weighted by molar-refractivity contribution is 0.214. The summed E-state index contributed by atoms with van der Waals surface area (Å²) in [6, 6.07) is 7.52. The smallest absolute Gasteiger partial charge is 0.170 e. The van der Waals surface area contributed by atoms with Gasteiger partial charge in [-0.15, -0.1) is 0 Å². The van der Waals surface area contributed by atoms with Gasteiger partial charge in [-0.2, -0.15) is 0 Å². The number of aliphatic hydroxyl groups excluding tert-OH is 1. The van der Waals surface area contributed by atoms with Gasteiger partial charge in [0, 0.05) is 24.3 Å². The largest absolute Gasteiger partial charge is 0.409 e. The second-order valence-corrected chi connectivity index (χ2v) is 4.92. The van der Waals surface area contributed by atoms with Crippen molar-refractivity contribution in [3.05, 3.63) is 35.4 Å². The molecule has 0 fully saturated rings. The Morgan fingerprint density at radius 3 is 2.47 bits per heavy atom. The van der Waals surface area contributed by atoms with Crippen LogP contribution in [0.1, 0.15) is 37.8 Å². The highest BCUT2D eigenvalue weighted by Gasteiger charge is 2.20. The summed E-state index contributed by atoms with van der Waals surface area (Å²) in [6.45, 7) is 5.11. The number of amidine groups is 1. The summed E-state index contributed by atoms with van der Waals surface area (Å²) in [7, 11) is 0. The molecule has 0 aliphatic rings. The Bertz CT molecular complexity index is 417. The molecule has 5 N–H and O–H groups in total. The van der Waals surface area contributed by atoms with Crippen LogP contribution in [0.2, 0.25) is 0 Å². The highest BCUT2D eigenvalue weighted by molar-refractivity contribution is 5.96. The van der Waals surface area contributed by atoms with E-state index < -0.39 is 0 Å². The lowest BCUT2D eigenvalue weighted by Crippen LogP contribution is -2.42. The van der Waals surface area contributed by atoms with Crippen molar-refractivity contribution in [1.29, 1.82) is 0 Å². The minimum atomic E-state index is -0.0565. The minimum absolute atomic E-state index is 0.0565. The van der Waals surface area contributed by atoms with Gasteiger partial charge in [-0.05, 0) is 25.3 Å². The van der Waals surface area contributed by atoms with Crippen molar-refractivity contribution < 1.29 is 10.3 Å². The zero-order valence-electron chi connectivity index (χ0n) is 11.6. The molecule has 0 spiro atoms. The van der Waals surface area contributed by atoms with Gasteiger partial charge >= 0.3 is 0 Å². The van der Waals surface area contributed by atoms with Gasteiger partial charge < -0.3 is 21.4 Å². The van der Waals surface area contributed by atoms with Crippen LogP contribution in [0, 0.1) is 0 Å². The number of nitrogens with zero attached hydrogens (tertiary/aromatic N) is 1. The summed E-state index contributed by atoms with van der Waals surface area (Å²) in [6.07, 6.45) is 1.68. The van der Waals surface area contributed by atoms with Gasteiger partial charge in [0.25, 0.3) is 0 Å². The van der Waals surface area contributed by atoms with Crippen LogP contribution in [0.25, 0.3) is 0 Å². The molecule has 5 heteroatoms. The lowest BCUT2D eigenvalue weighted by atomic mass is 9.94. The third-order valence-electron chi connectivity index (χ3n) is 3.52. The minimum Gasteiger partial charge on any atom is -0.409 e. The van der Waals surface area contributed by atoms with E-state index in [1.54, 1.807) is 0 Å². The molecular weight excluding hydrogens is 242 g/mol. The summed E-state index contributed by atoms with van der Waals surface area (Å²) in [5.74, 6) is 0.109. The highest BCUT2D eigenvalue weighted by Crippen LogP contribution is 2.15. The number of rotatable bonds is 7. The van der Waals surface area contributed by atoms with Gasteiger partial charge in [0.2, 0.25) is 0 Å². The van der Waals surface area contributed by atoms with Gasteiger partial charge in [0.15, 0.2) is 5.84 Å². The van der Waals surface area contributed by atoms with Crippen LogP contribution in [0.15, 0.2) is 29.4 Å². The Kier molecular flexibility index (Phi) is 5.79. The fraction of sp³-hybridized carbons (Fsp3) is 0.500. The van der Waals surface area contributed by atoms with E-state index in [-0.39, 0.29) is 18.0 Å². The van der Waals surface area contributed by atoms with Gasteiger partial charge in [-0.25, -0.2) is 0 Å². The molecule has 19 heavy (non-hydrogen) atoms. The predicted molar refractivity (Wildman–Crippen MR) is 76.2 cm³/mol. The van der Waals surface area contributed by atoms with Crippen LogP contribution in [-0.2, 0) is 6.54 Å². The van der Waals surface area contributed by atoms with Crippen LogP contribution in [-0.4, -0.2) is 28.3 Å². The molecule has 0 radical (unpaired) electrons. The second kappa shape index (κ2) is 7.11. The monoisotopic (exact) mass is 265 g/mol. The first kappa shape index (κ1) is 15.5. The SMILES string of the molecule is CCC(C)(CCO)NCc1ccc(/C(N)=N/O)cc1. The molecule has 1 atom stereocenters. The fourth-order valence-corrected chi connectivity index (χ4v) is 1.80. The molecule has 0 amide bonds. The topological polar surface area (TPSA) is 90.9 Å². The molecule has 1 unspecified atom stereocenters. The van der Waals surface area contributed by atoms with Crippen molar-refractivity contribution in [2.45, 2.75) is 38.8 Å². The van der Waals surface area contributed by atoms with Crippen molar-refractivity contribution in [3.63, 3.8) is 0 Å². The molecule has 0 aliphatic heterocycles. The van der Waals surface area contributed by atoms with E-state index >= 15 is 0 Å². The van der Waals surface area contributed by atoms with Crippen molar-refractivity contribution in [2.24, 2.45) is 10.9 Å². The summed E-state index contributed by atoms with van der Waals surface area (Å²) in [4.78, 5) is 0. The summed E-state index contributed by atoms with van der Waals surface area (Å²) in [5.41, 5.74) is 7.26. The molecule has 0 saturated carbocycles. The van der Waals surface area contributed by atoms with Crippen molar-refractivity contribution in [1.82, 2.24) is 5.32 Å². The maximum Gasteiger partial charge on any atom is 0.170 e. The molecule has 1 aromatic rings. The van der Waals surface area contributed by atoms with Crippen LogP contribution in [0.3, 0.4) is 0 Å². The van der Waals surface area contributed by atoms with Gasteiger partial charge in [0.1, 0.15) is 0 Å². The van der Waals surface area contributed by atoms with E-state index in [1.807, 2.05) is 24.3 Å². The number of oxime groups is 1. The summed E-state index contributed by atoms with van der Waals surface area (Å²) < 4.78 is 0. The first-order chi connectivity index (χ1) is 9.04. The van der Waals surface area contributed by atoms with E-state index in [0.717, 1.165) is 24.9 Å². The highest BCUT2D eigenvalue weighted by atomic mass is 16.4. The Labute approximate surface area is 114 Å². The maximum atomic E-state index is 9.06. The van der Waals surface area contributed by atoms with E-state index in [1.165, 1.54) is 0 Å². The molecule has 0 bridgehead atoms. The van der Waals surface area contributed by atoms with Gasteiger partial charge in [-0.1, -0.05) is 36.3 Å². The predicted octanol–water partition coefficient (Wildman–Crippen LogP) is 1.42. The van der Waals surface area contributed by atoms with Crippen LogP contribution in [0.4, 0.5) is 0 Å². The standard InChI is InChI=1S/C14H23N3O2/c1-3-14(2,8-9-18)16-10-11-4-6-12(7-5-11)13(15)17-19/h4-7,16,18-19H,3,8-10H2,1-2H3,(H2,15,17). The number of hydrogen-bond donors (Lipinski definition) is 4. The number of nitrogens with one attached hydrogen (secondary N) is 1. The van der Waals surface area contributed by atoms with Gasteiger partial charge in [0.05, 0.1) is 0 Å². The molecule has 5 nitrogen and oxygen atoms in total. The lowest BCUT2D eigenvalue weighted by Gasteiger charge is -2.29. The quantitative estimate of drug-likeness (QED) is 0.260. The average molecular weight is 265 g/mol. The van der Waals surface area contributed by atoms with E-state index in [0.29, 0.717) is 5.56 Å². The number of hydrogen-bond acceptors (Lipinski definition) is 4. The van der Waals surface area contributed by atoms with Gasteiger partial charge in [-0.3, -0.25) is 0 Å². The Hall–Kier alpha value is -1.59. The average Bonchev–Trinajstić information content (AvgIpc) is 2.45. The third-order valence-corrected chi connectivity index (χ3v) is 3.52. The molecule has 0 aliphatic carbocycles. The van der Waals surface area contributed by atoms with E-state index in [9.17, 15) is 0 Å². The van der Waals surface area contributed by atoms with Crippen molar-refractivity contribution >= 4 is 5.84 Å². The maximum absolute atomic E-state index is 9.06. The first-order valence-corrected chi connectivity index (χ1v) is 6.47. The molecule has 1 aromatic carbocycles. The zero-order chi connectivity index (χ0) is 14.3. The second-order valence-electron chi connectivity index (χ2n) is 4.92. The zero-order valence-corrected chi connectivity index (χ0v) is 11.6. The van der Waals surface area contributed by atoms with E-state index in [2.05, 4.69) is 24.3 Å². The summed E-state index contributed by atoms with van der Waals surface area (Å²) in [5, 5.41) is 24.1. The summed E-state index contributed by atoms with van der Waals surface area (Å²) >= 11 is 0. The Morgan fingerprint density at radius 1 is 1.37 bits per heavy atom. The number of benzene rings is 1. The molecule has 0 aromatic heterocycles. The van der Waals surface area contributed by atoms with Crippen molar-refractivity contribution in [2.75, 3.05) is 6.61 Å². The molecule has 0 saturated heterocycles. The molecule has 106 valence electrons. The molecule has 0 heterocycles. The Morgan fingerprint density at radius 2 is 2.00 bits per heavy atom. The van der Waals surface area contributed by atoms with Crippen LogP contribution in [0.5, 0.6) is 0 Å². The van der Waals surface area contributed by atoms with Crippen LogP contribution < -0.4 is 11.1 Å². The first-order valence-electron chi connectivity index (χ1n) is 6.47. The van der Waals surface area contributed by atoms with E-state index in [4.69, 9.17) is 16.0 Å². The molecule has 1 rings (SSSR count). The molecular formula is C14H23N3O2. The third kappa shape index (κ3) is 4.54. The number of aliphatic hydroxyl groups is 1. The van der Waals surface area contributed by atoms with Crippen LogP contribution >= 0.6 is 0 Å². The normalized spacial score (nSPS) is 15.2. The van der Waals surface area contributed by atoms with Crippen molar-refractivity contribution in [3.8, 4) is 0 Å².